The quantitative estimate of drug-likeness (QED) is 0.429. The van der Waals surface area contributed by atoms with Gasteiger partial charge in [0.05, 0.1) is 11.9 Å². The lowest BCUT2D eigenvalue weighted by Crippen LogP contribution is -2.60. The number of alkyl halides is 1. The molecule has 0 aromatic heterocycles. The van der Waals surface area contributed by atoms with E-state index >= 15 is 0 Å². The third-order valence-electron chi connectivity index (χ3n) is 7.74. The van der Waals surface area contributed by atoms with Crippen molar-refractivity contribution in [3.05, 3.63) is 0 Å². The molecule has 4 amide bonds. The second-order valence-corrected chi connectivity index (χ2v) is 11.8. The van der Waals surface area contributed by atoms with Crippen LogP contribution in [0, 0.1) is 28.6 Å². The summed E-state index contributed by atoms with van der Waals surface area (Å²) in [6.45, 7) is 12.1. The molecule has 9 nitrogen and oxygen atoms in total. The number of nitrogens with one attached hydrogen (secondary N) is 3. The van der Waals surface area contributed by atoms with Crippen LogP contribution in [0.3, 0.4) is 0 Å². The molecule has 3 rings (SSSR count). The maximum Gasteiger partial charge on any atom is 0.246 e. The fraction of sp³-hybridized carbons (Fsp3) is 0.792. The van der Waals surface area contributed by atoms with Gasteiger partial charge in [-0.1, -0.05) is 34.6 Å². The van der Waals surface area contributed by atoms with Gasteiger partial charge >= 0.3 is 0 Å². The highest BCUT2D eigenvalue weighted by atomic mass is 35.5. The first-order valence-corrected chi connectivity index (χ1v) is 12.5. The standard InChI is InChI=1S/C24H37ClN4O5/c1-12(30)27-19(23(2,3)4)22(34)29-11-14-17(24(14,5)6)18(29)21(33)28-15(16(31)10-25)9-13-7-8-26-20(13)32/h13-15,17-19H,7-11H2,1-6H3,(H,26,32)(H,27,30)(H,28,33)/t13-,14-,15-,17-,18-,19+/m0/s1. The number of ketones is 1. The second-order valence-electron chi connectivity index (χ2n) is 11.6. The minimum Gasteiger partial charge on any atom is -0.356 e. The van der Waals surface area contributed by atoms with Crippen molar-refractivity contribution in [1.29, 1.82) is 0 Å². The number of carbonyl (C=O) groups excluding carboxylic acids is 5. The van der Waals surface area contributed by atoms with Crippen molar-refractivity contribution in [2.45, 2.75) is 72.5 Å². The Kier molecular flexibility index (Phi) is 7.37. The van der Waals surface area contributed by atoms with Gasteiger partial charge in [0.25, 0.3) is 0 Å². The molecule has 0 aromatic rings. The van der Waals surface area contributed by atoms with E-state index in [4.69, 9.17) is 11.6 Å². The molecule has 0 bridgehead atoms. The summed E-state index contributed by atoms with van der Waals surface area (Å²) < 4.78 is 0. The third-order valence-corrected chi connectivity index (χ3v) is 8.00. The molecule has 2 heterocycles. The Bertz CT molecular complexity index is 883. The summed E-state index contributed by atoms with van der Waals surface area (Å²) in [5.74, 6) is -2.06. The maximum atomic E-state index is 13.6. The lowest BCUT2D eigenvalue weighted by molar-refractivity contribution is -0.145. The van der Waals surface area contributed by atoms with Crippen LogP contribution < -0.4 is 16.0 Å². The number of hydrogen-bond acceptors (Lipinski definition) is 5. The molecule has 0 radical (unpaired) electrons. The lowest BCUT2D eigenvalue weighted by atomic mass is 9.85. The van der Waals surface area contributed by atoms with Crippen molar-refractivity contribution in [1.82, 2.24) is 20.9 Å². The monoisotopic (exact) mass is 496 g/mol. The molecule has 3 aliphatic rings. The number of rotatable bonds is 8. The Balaban J connectivity index is 1.83. The van der Waals surface area contributed by atoms with Gasteiger partial charge < -0.3 is 20.9 Å². The third kappa shape index (κ3) is 5.09. The smallest absolute Gasteiger partial charge is 0.246 e. The summed E-state index contributed by atoms with van der Waals surface area (Å²) in [4.78, 5) is 65.2. The molecule has 1 aliphatic carbocycles. The number of carbonyl (C=O) groups is 5. The van der Waals surface area contributed by atoms with Gasteiger partial charge in [0.2, 0.25) is 23.6 Å². The van der Waals surface area contributed by atoms with E-state index in [0.717, 1.165) is 0 Å². The predicted molar refractivity (Wildman–Crippen MR) is 127 cm³/mol. The van der Waals surface area contributed by atoms with Crippen LogP contribution in [0.2, 0.25) is 0 Å². The minimum absolute atomic E-state index is 0.0454. The van der Waals surface area contributed by atoms with Crippen LogP contribution in [0.15, 0.2) is 0 Å². The van der Waals surface area contributed by atoms with Crippen LogP contribution in [-0.2, 0) is 24.0 Å². The molecular formula is C24H37ClN4O5. The Morgan fingerprint density at radius 1 is 1.21 bits per heavy atom. The van der Waals surface area contributed by atoms with E-state index in [1.165, 1.54) is 6.92 Å². The lowest BCUT2D eigenvalue weighted by Gasteiger charge is -2.37. The van der Waals surface area contributed by atoms with Gasteiger partial charge in [-0.15, -0.1) is 11.6 Å². The van der Waals surface area contributed by atoms with E-state index < -0.39 is 29.4 Å². The first kappa shape index (κ1) is 26.4. The van der Waals surface area contributed by atoms with Crippen molar-refractivity contribution in [3.8, 4) is 0 Å². The number of Topliss-reactive ketones (excluding diaryl/α,β-unsaturated/α-hetero) is 1. The fourth-order valence-electron chi connectivity index (χ4n) is 5.61. The highest BCUT2D eigenvalue weighted by Crippen LogP contribution is 2.65. The maximum absolute atomic E-state index is 13.6. The zero-order chi connectivity index (χ0) is 25.6. The van der Waals surface area contributed by atoms with E-state index in [0.29, 0.717) is 19.5 Å². The van der Waals surface area contributed by atoms with Gasteiger partial charge in [-0.05, 0) is 35.5 Å². The van der Waals surface area contributed by atoms with Crippen molar-refractivity contribution in [3.63, 3.8) is 0 Å². The van der Waals surface area contributed by atoms with Crippen LogP contribution in [0.1, 0.15) is 54.4 Å². The molecule has 0 spiro atoms. The van der Waals surface area contributed by atoms with Crippen LogP contribution >= 0.6 is 11.6 Å². The van der Waals surface area contributed by atoms with Crippen LogP contribution in [-0.4, -0.2) is 71.4 Å². The van der Waals surface area contributed by atoms with E-state index in [9.17, 15) is 24.0 Å². The summed E-state index contributed by atoms with van der Waals surface area (Å²) in [7, 11) is 0. The first-order chi connectivity index (χ1) is 15.7. The SMILES string of the molecule is CC(=O)N[C@H](C(=O)N1C[C@H]2[C@@H]([C@H]1C(=O)N[C@@H](C[C@@H]1CCNC1=O)C(=O)CCl)C2(C)C)C(C)(C)C. The summed E-state index contributed by atoms with van der Waals surface area (Å²) in [6, 6.07) is -2.44. The predicted octanol–water partition coefficient (Wildman–Crippen LogP) is 0.839. The molecule has 2 saturated heterocycles. The van der Waals surface area contributed by atoms with Gasteiger partial charge in [0.1, 0.15) is 12.1 Å². The Morgan fingerprint density at radius 2 is 1.85 bits per heavy atom. The number of halogens is 1. The number of nitrogens with zero attached hydrogens (tertiary/aromatic N) is 1. The zero-order valence-corrected chi connectivity index (χ0v) is 21.6. The molecule has 10 heteroatoms. The summed E-state index contributed by atoms with van der Waals surface area (Å²) in [5.41, 5.74) is -0.666. The molecule has 34 heavy (non-hydrogen) atoms. The summed E-state index contributed by atoms with van der Waals surface area (Å²) >= 11 is 5.81. The van der Waals surface area contributed by atoms with Crippen molar-refractivity contribution in [2.75, 3.05) is 19.0 Å². The van der Waals surface area contributed by atoms with Gasteiger partial charge in [-0.3, -0.25) is 24.0 Å². The highest BCUT2D eigenvalue weighted by molar-refractivity contribution is 6.28. The van der Waals surface area contributed by atoms with Gasteiger partial charge in [0.15, 0.2) is 5.78 Å². The Labute approximate surface area is 206 Å². The van der Waals surface area contributed by atoms with Crippen LogP contribution in [0.25, 0.3) is 0 Å². The number of amides is 4. The largest absolute Gasteiger partial charge is 0.356 e. The summed E-state index contributed by atoms with van der Waals surface area (Å²) in [6.07, 6.45) is 0.772. The van der Waals surface area contributed by atoms with Crippen LogP contribution in [0.5, 0.6) is 0 Å². The van der Waals surface area contributed by atoms with Gasteiger partial charge in [-0.2, -0.15) is 0 Å². The van der Waals surface area contributed by atoms with E-state index in [-0.39, 0.29) is 59.0 Å². The molecule has 190 valence electrons. The number of fused-ring (bicyclic) bond motifs is 1. The highest BCUT2D eigenvalue weighted by Gasteiger charge is 2.69. The molecule has 1 saturated carbocycles. The van der Waals surface area contributed by atoms with E-state index in [1.807, 2.05) is 20.8 Å². The van der Waals surface area contributed by atoms with E-state index in [1.54, 1.807) is 4.90 Å². The fourth-order valence-corrected chi connectivity index (χ4v) is 5.79. The number of hydrogen-bond donors (Lipinski definition) is 3. The Hall–Kier alpha value is -2.16. The van der Waals surface area contributed by atoms with Crippen molar-refractivity contribution < 1.29 is 24.0 Å². The molecule has 2 aliphatic heterocycles. The molecule has 0 aromatic carbocycles. The molecule has 3 fully saturated rings. The second kappa shape index (κ2) is 9.47. The zero-order valence-electron chi connectivity index (χ0n) is 20.9. The molecular weight excluding hydrogens is 460 g/mol. The summed E-state index contributed by atoms with van der Waals surface area (Å²) in [5, 5.41) is 8.32. The minimum atomic E-state index is -0.898. The van der Waals surface area contributed by atoms with Crippen molar-refractivity contribution >= 4 is 41.0 Å². The molecule has 3 N–H and O–H groups in total. The first-order valence-electron chi connectivity index (χ1n) is 11.9. The van der Waals surface area contributed by atoms with Crippen LogP contribution in [0.4, 0.5) is 0 Å². The molecule has 6 atom stereocenters. The molecule has 0 unspecified atom stereocenters. The average Bonchev–Trinajstić information content (AvgIpc) is 3.10. The number of likely N-dealkylation sites (tertiary alicyclic amines) is 1. The Morgan fingerprint density at radius 3 is 2.35 bits per heavy atom. The topological polar surface area (TPSA) is 125 Å². The van der Waals surface area contributed by atoms with E-state index in [2.05, 4.69) is 29.8 Å². The number of piperidine rings is 1. The van der Waals surface area contributed by atoms with Crippen molar-refractivity contribution in [2.24, 2.45) is 28.6 Å². The normalized spacial score (nSPS) is 29.0. The van der Waals surface area contributed by atoms with Gasteiger partial charge in [0, 0.05) is 25.9 Å². The van der Waals surface area contributed by atoms with Gasteiger partial charge in [-0.25, -0.2) is 0 Å². The average molecular weight is 497 g/mol.